The maximum Gasteiger partial charge on any atom is 0.416 e. The van der Waals surface area contributed by atoms with Crippen molar-refractivity contribution >= 4 is 23.3 Å². The Labute approximate surface area is 93.8 Å². The van der Waals surface area contributed by atoms with Crippen LogP contribution < -0.4 is 5.32 Å². The van der Waals surface area contributed by atoms with Gasteiger partial charge in [-0.15, -0.1) is 0 Å². The van der Waals surface area contributed by atoms with Crippen molar-refractivity contribution in [3.63, 3.8) is 0 Å². The largest absolute Gasteiger partial charge is 0.480 e. The lowest BCUT2D eigenvalue weighted by molar-refractivity contribution is -0.137. The molecule has 0 saturated carbocycles. The van der Waals surface area contributed by atoms with Crippen molar-refractivity contribution in [1.82, 2.24) is 0 Å². The molecule has 0 radical (unpaired) electrons. The van der Waals surface area contributed by atoms with Crippen molar-refractivity contribution in [3.05, 3.63) is 28.8 Å². The molecule has 16 heavy (non-hydrogen) atoms. The van der Waals surface area contributed by atoms with E-state index in [9.17, 15) is 18.0 Å². The van der Waals surface area contributed by atoms with E-state index in [0.29, 0.717) is 0 Å². The van der Waals surface area contributed by atoms with Gasteiger partial charge in [0.25, 0.3) is 0 Å². The maximum atomic E-state index is 12.2. The molecule has 0 bridgehead atoms. The number of rotatable bonds is 3. The lowest BCUT2D eigenvalue weighted by Gasteiger charge is -2.10. The van der Waals surface area contributed by atoms with Crippen molar-refractivity contribution in [1.29, 1.82) is 0 Å². The van der Waals surface area contributed by atoms with Crippen LogP contribution in [0.2, 0.25) is 5.02 Å². The molecule has 0 saturated heterocycles. The fraction of sp³-hybridized carbons (Fsp3) is 0.222. The molecule has 0 spiro atoms. The quantitative estimate of drug-likeness (QED) is 0.871. The van der Waals surface area contributed by atoms with E-state index in [4.69, 9.17) is 16.7 Å². The molecule has 0 heterocycles. The van der Waals surface area contributed by atoms with Crippen LogP contribution in [0.5, 0.6) is 0 Å². The Morgan fingerprint density at radius 3 is 2.50 bits per heavy atom. The Morgan fingerprint density at radius 2 is 2.06 bits per heavy atom. The molecule has 1 rings (SSSR count). The van der Waals surface area contributed by atoms with E-state index in [1.807, 2.05) is 0 Å². The Balaban J connectivity index is 2.88. The van der Waals surface area contributed by atoms with Crippen molar-refractivity contribution < 1.29 is 23.1 Å². The summed E-state index contributed by atoms with van der Waals surface area (Å²) in [4.78, 5) is 10.2. The van der Waals surface area contributed by atoms with Gasteiger partial charge in [0.2, 0.25) is 0 Å². The van der Waals surface area contributed by atoms with Crippen LogP contribution in [-0.2, 0) is 11.0 Å². The summed E-state index contributed by atoms with van der Waals surface area (Å²) in [5.41, 5.74) is -0.726. The van der Waals surface area contributed by atoms with Gasteiger partial charge in [-0.3, -0.25) is 4.79 Å². The summed E-state index contributed by atoms with van der Waals surface area (Å²) in [5, 5.41) is 10.6. The molecule has 0 aromatic heterocycles. The first-order valence-electron chi connectivity index (χ1n) is 4.13. The zero-order valence-corrected chi connectivity index (χ0v) is 8.56. The second-order valence-electron chi connectivity index (χ2n) is 2.94. The van der Waals surface area contributed by atoms with E-state index in [2.05, 4.69) is 5.32 Å². The second kappa shape index (κ2) is 4.61. The first kappa shape index (κ1) is 12.6. The molecule has 1 aromatic rings. The number of aliphatic carboxylic acids is 1. The molecule has 0 atom stereocenters. The van der Waals surface area contributed by atoms with Gasteiger partial charge in [-0.25, -0.2) is 0 Å². The minimum absolute atomic E-state index is 0.150. The highest BCUT2D eigenvalue weighted by molar-refractivity contribution is 6.33. The van der Waals surface area contributed by atoms with Crippen LogP contribution in [0.25, 0.3) is 0 Å². The summed E-state index contributed by atoms with van der Waals surface area (Å²) in [6.45, 7) is -0.412. The van der Waals surface area contributed by atoms with E-state index < -0.39 is 24.3 Å². The molecule has 2 N–H and O–H groups in total. The number of anilines is 1. The third kappa shape index (κ3) is 3.30. The van der Waals surface area contributed by atoms with Crippen molar-refractivity contribution in [2.24, 2.45) is 0 Å². The summed E-state index contributed by atoms with van der Waals surface area (Å²) in [6.07, 6.45) is -4.46. The molecule has 7 heteroatoms. The first-order chi connectivity index (χ1) is 7.30. The zero-order chi connectivity index (χ0) is 12.3. The lowest BCUT2D eigenvalue weighted by Crippen LogP contribution is -2.13. The van der Waals surface area contributed by atoms with Gasteiger partial charge in [0.05, 0.1) is 16.3 Å². The maximum absolute atomic E-state index is 12.2. The molecule has 0 fully saturated rings. The summed E-state index contributed by atoms with van der Waals surface area (Å²) >= 11 is 5.56. The molecule has 0 aliphatic carbocycles. The standard InChI is InChI=1S/C9H7ClF3NO2/c10-6-3-5(9(11,12)13)1-2-7(6)14-4-8(15)16/h1-3,14H,4H2,(H,15,16). The summed E-state index contributed by atoms with van der Waals surface area (Å²) in [7, 11) is 0. The van der Waals surface area contributed by atoms with Crippen LogP contribution in [0.3, 0.4) is 0 Å². The van der Waals surface area contributed by atoms with Gasteiger partial charge in [0, 0.05) is 0 Å². The van der Waals surface area contributed by atoms with Gasteiger partial charge in [0.15, 0.2) is 0 Å². The van der Waals surface area contributed by atoms with E-state index in [1.165, 1.54) is 0 Å². The predicted molar refractivity (Wildman–Crippen MR) is 52.6 cm³/mol. The van der Waals surface area contributed by atoms with Gasteiger partial charge < -0.3 is 10.4 Å². The van der Waals surface area contributed by atoms with Crippen LogP contribution in [-0.4, -0.2) is 17.6 Å². The zero-order valence-electron chi connectivity index (χ0n) is 7.81. The van der Waals surface area contributed by atoms with E-state index in [1.54, 1.807) is 0 Å². The predicted octanol–water partition coefficient (Wildman–Crippen LogP) is 2.86. The van der Waals surface area contributed by atoms with Crippen molar-refractivity contribution in [2.45, 2.75) is 6.18 Å². The number of nitrogens with one attached hydrogen (secondary N) is 1. The highest BCUT2D eigenvalue weighted by Gasteiger charge is 2.30. The van der Waals surface area contributed by atoms with Crippen molar-refractivity contribution in [2.75, 3.05) is 11.9 Å². The number of hydrogen-bond donors (Lipinski definition) is 2. The van der Waals surface area contributed by atoms with E-state index in [0.717, 1.165) is 18.2 Å². The minimum atomic E-state index is -4.46. The molecule has 0 amide bonds. The topological polar surface area (TPSA) is 49.3 Å². The van der Waals surface area contributed by atoms with Crippen molar-refractivity contribution in [3.8, 4) is 0 Å². The van der Waals surface area contributed by atoms with E-state index in [-0.39, 0.29) is 10.7 Å². The Hall–Kier alpha value is -1.43. The number of hydrogen-bond acceptors (Lipinski definition) is 2. The number of benzene rings is 1. The number of alkyl halides is 3. The average Bonchev–Trinajstić information content (AvgIpc) is 2.14. The molecular weight excluding hydrogens is 247 g/mol. The Kier molecular flexibility index (Phi) is 3.64. The molecule has 0 aliphatic heterocycles. The SMILES string of the molecule is O=C(O)CNc1ccc(C(F)(F)F)cc1Cl. The third-order valence-corrected chi connectivity index (χ3v) is 2.04. The second-order valence-corrected chi connectivity index (χ2v) is 3.35. The average molecular weight is 254 g/mol. The van der Waals surface area contributed by atoms with E-state index >= 15 is 0 Å². The Morgan fingerprint density at radius 1 is 1.44 bits per heavy atom. The summed E-state index contributed by atoms with van der Waals surface area (Å²) in [6, 6.07) is 2.66. The van der Waals surface area contributed by atoms with Crippen LogP contribution in [0.1, 0.15) is 5.56 Å². The number of carboxylic acids is 1. The monoisotopic (exact) mass is 253 g/mol. The molecular formula is C9H7ClF3NO2. The van der Waals surface area contributed by atoms with Crippen LogP contribution in [0.4, 0.5) is 18.9 Å². The van der Waals surface area contributed by atoms with Gasteiger partial charge >= 0.3 is 12.1 Å². The number of carboxylic acid groups (broad SMARTS) is 1. The van der Waals surface area contributed by atoms with Gasteiger partial charge in [-0.05, 0) is 18.2 Å². The summed E-state index contributed by atoms with van der Waals surface area (Å²) < 4.78 is 36.7. The summed E-state index contributed by atoms with van der Waals surface area (Å²) in [5.74, 6) is -1.13. The lowest BCUT2D eigenvalue weighted by atomic mass is 10.2. The number of carbonyl (C=O) groups is 1. The Bertz CT molecular complexity index is 406. The fourth-order valence-corrected chi connectivity index (χ4v) is 1.25. The highest BCUT2D eigenvalue weighted by Crippen LogP contribution is 2.33. The third-order valence-electron chi connectivity index (χ3n) is 1.73. The fourth-order valence-electron chi connectivity index (χ4n) is 1.01. The molecule has 0 unspecified atom stereocenters. The molecule has 0 aliphatic rings. The minimum Gasteiger partial charge on any atom is -0.480 e. The highest BCUT2D eigenvalue weighted by atomic mass is 35.5. The normalized spacial score (nSPS) is 11.2. The van der Waals surface area contributed by atoms with Gasteiger partial charge in [-0.1, -0.05) is 11.6 Å². The van der Waals surface area contributed by atoms with Crippen LogP contribution in [0.15, 0.2) is 18.2 Å². The number of halogens is 4. The molecule has 3 nitrogen and oxygen atoms in total. The van der Waals surface area contributed by atoms with Gasteiger partial charge in [-0.2, -0.15) is 13.2 Å². The first-order valence-corrected chi connectivity index (χ1v) is 4.51. The smallest absolute Gasteiger partial charge is 0.416 e. The van der Waals surface area contributed by atoms with Crippen LogP contribution >= 0.6 is 11.6 Å². The molecule has 88 valence electrons. The molecule has 1 aromatic carbocycles. The van der Waals surface area contributed by atoms with Crippen LogP contribution in [0, 0.1) is 0 Å². The van der Waals surface area contributed by atoms with Gasteiger partial charge in [0.1, 0.15) is 6.54 Å².